The van der Waals surface area contributed by atoms with Gasteiger partial charge in [0.25, 0.3) is 0 Å². The van der Waals surface area contributed by atoms with Crippen LogP contribution in [0.3, 0.4) is 0 Å². The fraction of sp³-hybridized carbons (Fsp3) is 0.400. The largest absolute Gasteiger partial charge is 0.384 e. The molecular weight excluding hydrogens is 418 g/mol. The van der Waals surface area contributed by atoms with Gasteiger partial charge in [-0.15, -0.1) is 0 Å². The highest BCUT2D eigenvalue weighted by Crippen LogP contribution is 2.56. The number of fused-ring (bicyclic) bond motifs is 2. The van der Waals surface area contributed by atoms with Crippen molar-refractivity contribution in [1.29, 1.82) is 5.41 Å². The van der Waals surface area contributed by atoms with E-state index in [2.05, 4.69) is 56.3 Å². The number of hydrogen-bond donors (Lipinski definition) is 2. The van der Waals surface area contributed by atoms with Crippen molar-refractivity contribution in [3.63, 3.8) is 0 Å². The Morgan fingerprint density at radius 1 is 1.06 bits per heavy atom. The van der Waals surface area contributed by atoms with Crippen molar-refractivity contribution in [2.75, 3.05) is 19.8 Å². The molecule has 0 radical (unpaired) electrons. The van der Waals surface area contributed by atoms with Crippen molar-refractivity contribution >= 4 is 22.3 Å². The number of amidine groups is 1. The molecule has 0 spiro atoms. The van der Waals surface area contributed by atoms with E-state index in [1.54, 1.807) is 0 Å². The van der Waals surface area contributed by atoms with Crippen LogP contribution >= 0.6 is 0 Å². The van der Waals surface area contributed by atoms with Crippen molar-refractivity contribution in [3.8, 4) is 0 Å². The lowest BCUT2D eigenvalue weighted by Gasteiger charge is -2.20. The van der Waals surface area contributed by atoms with Gasteiger partial charge in [0.05, 0.1) is 6.61 Å². The topological polar surface area (TPSA) is 71.5 Å². The molecule has 3 aromatic carbocycles. The Morgan fingerprint density at radius 3 is 2.68 bits per heavy atom. The standard InChI is InChI=1S/C30H33N3O/c1-17(2)29-28-12-20(4-3-18(28)7-9-33-29)26-15-27(26)23-11-19-5-6-21(30(31)32)13-24(19)25(14-23)22-8-10-34-16-22/h3-6,11-14,17,22,26-27H,7-10,15-16H2,1-2H3,(H3,31,32). The van der Waals surface area contributed by atoms with Crippen LogP contribution in [0.5, 0.6) is 0 Å². The quantitative estimate of drug-likeness (QED) is 0.374. The van der Waals surface area contributed by atoms with Crippen LogP contribution in [0.1, 0.15) is 77.8 Å². The molecule has 34 heavy (non-hydrogen) atoms. The minimum atomic E-state index is 0.124. The number of hydrogen-bond acceptors (Lipinski definition) is 3. The minimum Gasteiger partial charge on any atom is -0.384 e. The molecule has 0 bridgehead atoms. The lowest BCUT2D eigenvalue weighted by molar-refractivity contribution is 0.194. The van der Waals surface area contributed by atoms with Gasteiger partial charge in [-0.2, -0.15) is 0 Å². The zero-order valence-corrected chi connectivity index (χ0v) is 20.1. The summed E-state index contributed by atoms with van der Waals surface area (Å²) in [4.78, 5) is 4.86. The van der Waals surface area contributed by atoms with Crippen LogP contribution in [0.4, 0.5) is 0 Å². The monoisotopic (exact) mass is 451 g/mol. The Balaban J connectivity index is 1.36. The van der Waals surface area contributed by atoms with E-state index in [1.165, 1.54) is 50.7 Å². The van der Waals surface area contributed by atoms with E-state index in [9.17, 15) is 0 Å². The average Bonchev–Trinajstić information content (AvgIpc) is 3.46. The molecule has 4 heteroatoms. The molecule has 6 rings (SSSR count). The molecule has 1 saturated heterocycles. The summed E-state index contributed by atoms with van der Waals surface area (Å²) < 4.78 is 5.75. The third-order valence-corrected chi connectivity index (χ3v) is 7.96. The molecule has 2 aliphatic heterocycles. The first-order valence-electron chi connectivity index (χ1n) is 12.7. The van der Waals surface area contributed by atoms with Crippen LogP contribution in [-0.2, 0) is 11.2 Å². The fourth-order valence-electron chi connectivity index (χ4n) is 6.00. The second-order valence-electron chi connectivity index (χ2n) is 10.6. The first-order valence-corrected chi connectivity index (χ1v) is 12.7. The van der Waals surface area contributed by atoms with Crippen molar-refractivity contribution in [1.82, 2.24) is 0 Å². The first kappa shape index (κ1) is 21.5. The Kier molecular flexibility index (Phi) is 5.29. The Hall–Kier alpha value is -2.98. The Morgan fingerprint density at radius 2 is 1.91 bits per heavy atom. The predicted octanol–water partition coefficient (Wildman–Crippen LogP) is 5.90. The molecule has 0 amide bonds. The van der Waals surface area contributed by atoms with Crippen molar-refractivity contribution in [2.24, 2.45) is 16.6 Å². The van der Waals surface area contributed by atoms with E-state index in [0.717, 1.165) is 38.2 Å². The first-order chi connectivity index (χ1) is 16.5. The lowest BCUT2D eigenvalue weighted by atomic mass is 9.87. The van der Waals surface area contributed by atoms with E-state index in [1.807, 2.05) is 6.07 Å². The van der Waals surface area contributed by atoms with Crippen LogP contribution in [0.2, 0.25) is 0 Å². The summed E-state index contributed by atoms with van der Waals surface area (Å²) in [5, 5.41) is 10.3. The lowest BCUT2D eigenvalue weighted by Crippen LogP contribution is -2.18. The average molecular weight is 452 g/mol. The fourth-order valence-corrected chi connectivity index (χ4v) is 6.00. The zero-order valence-electron chi connectivity index (χ0n) is 20.1. The van der Waals surface area contributed by atoms with Gasteiger partial charge in [-0.3, -0.25) is 10.4 Å². The Labute approximate surface area is 201 Å². The third kappa shape index (κ3) is 3.74. The summed E-state index contributed by atoms with van der Waals surface area (Å²) in [6.45, 7) is 7.02. The number of nitrogens with one attached hydrogen (secondary N) is 1. The summed E-state index contributed by atoms with van der Waals surface area (Å²) in [6, 6.07) is 18.1. The molecule has 1 aliphatic carbocycles. The molecule has 2 fully saturated rings. The van der Waals surface area contributed by atoms with Gasteiger partial charge in [0, 0.05) is 30.3 Å². The number of nitrogen functional groups attached to an aromatic ring is 1. The summed E-state index contributed by atoms with van der Waals surface area (Å²) in [7, 11) is 0. The molecule has 3 aromatic rings. The molecular formula is C30H33N3O. The second kappa shape index (κ2) is 8.35. The molecule has 1 saturated carbocycles. The van der Waals surface area contributed by atoms with Gasteiger partial charge in [0.2, 0.25) is 0 Å². The third-order valence-electron chi connectivity index (χ3n) is 7.96. The smallest absolute Gasteiger partial charge is 0.122 e. The van der Waals surface area contributed by atoms with Crippen molar-refractivity contribution in [2.45, 2.75) is 50.9 Å². The molecule has 3 aliphatic rings. The van der Waals surface area contributed by atoms with Gasteiger partial charge >= 0.3 is 0 Å². The van der Waals surface area contributed by atoms with Gasteiger partial charge in [0.1, 0.15) is 5.84 Å². The highest BCUT2D eigenvalue weighted by molar-refractivity contribution is 6.04. The molecule has 2 heterocycles. The van der Waals surface area contributed by atoms with Gasteiger partial charge in [0.15, 0.2) is 0 Å². The maximum absolute atomic E-state index is 7.88. The molecule has 3 atom stereocenters. The highest BCUT2D eigenvalue weighted by atomic mass is 16.5. The number of ether oxygens (including phenoxy) is 1. The van der Waals surface area contributed by atoms with Crippen molar-refractivity contribution in [3.05, 3.63) is 81.9 Å². The summed E-state index contributed by atoms with van der Waals surface area (Å²) >= 11 is 0. The van der Waals surface area contributed by atoms with Crippen LogP contribution in [0.15, 0.2) is 53.5 Å². The molecule has 4 nitrogen and oxygen atoms in total. The van der Waals surface area contributed by atoms with Crippen LogP contribution in [-0.4, -0.2) is 31.3 Å². The minimum absolute atomic E-state index is 0.124. The van der Waals surface area contributed by atoms with Crippen LogP contribution in [0, 0.1) is 11.3 Å². The molecule has 3 N–H and O–H groups in total. The van der Waals surface area contributed by atoms with Crippen molar-refractivity contribution < 1.29 is 4.74 Å². The van der Waals surface area contributed by atoms with Gasteiger partial charge in [-0.05, 0) is 87.7 Å². The van der Waals surface area contributed by atoms with Crippen LogP contribution < -0.4 is 5.73 Å². The molecule has 3 unspecified atom stereocenters. The van der Waals surface area contributed by atoms with Gasteiger partial charge in [-0.1, -0.05) is 50.2 Å². The summed E-state index contributed by atoms with van der Waals surface area (Å²) in [6.07, 6.45) is 3.31. The van der Waals surface area contributed by atoms with Gasteiger partial charge in [-0.25, -0.2) is 0 Å². The second-order valence-corrected chi connectivity index (χ2v) is 10.6. The summed E-state index contributed by atoms with van der Waals surface area (Å²) in [5.41, 5.74) is 15.0. The summed E-state index contributed by atoms with van der Waals surface area (Å²) in [5.74, 6) is 2.12. The van der Waals surface area contributed by atoms with E-state index in [0.29, 0.717) is 23.7 Å². The predicted molar refractivity (Wildman–Crippen MR) is 140 cm³/mol. The Bertz CT molecular complexity index is 1320. The maximum Gasteiger partial charge on any atom is 0.122 e. The number of aliphatic imine (C=N–C) groups is 1. The zero-order chi connectivity index (χ0) is 23.4. The highest BCUT2D eigenvalue weighted by Gasteiger charge is 2.40. The van der Waals surface area contributed by atoms with Crippen LogP contribution in [0.25, 0.3) is 10.8 Å². The van der Waals surface area contributed by atoms with E-state index >= 15 is 0 Å². The van der Waals surface area contributed by atoms with E-state index in [4.69, 9.17) is 20.9 Å². The maximum atomic E-state index is 7.88. The molecule has 0 aromatic heterocycles. The molecule has 174 valence electrons. The number of nitrogens with zero attached hydrogens (tertiary/aromatic N) is 1. The normalized spacial score (nSPS) is 23.7. The SMILES string of the molecule is CC(C)C1=NCCc2ccc(C3CC3c3cc(C4CCOC4)c4cc(C(=N)N)ccc4c3)cc21. The number of nitrogens with two attached hydrogens (primary N) is 1. The van der Waals surface area contributed by atoms with Gasteiger partial charge < -0.3 is 10.5 Å². The van der Waals surface area contributed by atoms with E-state index < -0.39 is 0 Å². The number of benzene rings is 3. The van der Waals surface area contributed by atoms with E-state index in [-0.39, 0.29) is 5.84 Å². The number of rotatable bonds is 5.